The molecule has 158 valence electrons. The van der Waals surface area contributed by atoms with Crippen LogP contribution in [0.4, 0.5) is 5.69 Å². The number of carbonyl (C=O) groups excluding carboxylic acids is 1. The van der Waals surface area contributed by atoms with Crippen LogP contribution in [-0.4, -0.2) is 65.9 Å². The van der Waals surface area contributed by atoms with Crippen molar-refractivity contribution in [2.75, 3.05) is 44.2 Å². The van der Waals surface area contributed by atoms with E-state index in [0.29, 0.717) is 32.8 Å². The van der Waals surface area contributed by atoms with Crippen molar-refractivity contribution in [3.8, 4) is 5.75 Å². The molecule has 9 heteroatoms. The number of nitrogens with one attached hydrogen (secondary N) is 1. The number of guanidine groups is 1. The van der Waals surface area contributed by atoms with E-state index in [0.717, 1.165) is 23.9 Å². The number of rotatable bonds is 6. The van der Waals surface area contributed by atoms with Gasteiger partial charge in [0.1, 0.15) is 18.9 Å². The van der Waals surface area contributed by atoms with E-state index in [-0.39, 0.29) is 29.9 Å². The highest BCUT2D eigenvalue weighted by Crippen LogP contribution is 2.16. The Hall–Kier alpha value is -2.30. The first-order chi connectivity index (χ1) is 13.6. The zero-order valence-corrected chi connectivity index (χ0v) is 19.5. The fourth-order valence-electron chi connectivity index (χ4n) is 3.05. The third kappa shape index (κ3) is 6.34. The lowest BCUT2D eigenvalue weighted by molar-refractivity contribution is -0.120. The third-order valence-corrected chi connectivity index (χ3v) is 4.50. The van der Waals surface area contributed by atoms with Gasteiger partial charge in [0.15, 0.2) is 5.96 Å². The molecule has 0 atom stereocenters. The Morgan fingerprint density at radius 2 is 2.03 bits per heavy atom. The predicted molar refractivity (Wildman–Crippen MR) is 125 cm³/mol. The summed E-state index contributed by atoms with van der Waals surface area (Å²) in [6.45, 7) is 7.43. The first-order valence-electron chi connectivity index (χ1n) is 9.58. The van der Waals surface area contributed by atoms with Crippen molar-refractivity contribution in [1.29, 1.82) is 0 Å². The van der Waals surface area contributed by atoms with Gasteiger partial charge >= 0.3 is 0 Å². The second kappa shape index (κ2) is 11.0. The molecule has 1 saturated heterocycles. The van der Waals surface area contributed by atoms with Gasteiger partial charge in [0, 0.05) is 32.9 Å². The van der Waals surface area contributed by atoms with Crippen molar-refractivity contribution in [3.05, 3.63) is 42.2 Å². The van der Waals surface area contributed by atoms with E-state index in [1.54, 1.807) is 15.8 Å². The Morgan fingerprint density at radius 1 is 1.28 bits per heavy atom. The van der Waals surface area contributed by atoms with E-state index in [1.165, 1.54) is 5.56 Å². The molecule has 1 aromatic heterocycles. The molecule has 1 aromatic carbocycles. The molecule has 29 heavy (non-hydrogen) atoms. The van der Waals surface area contributed by atoms with E-state index in [1.807, 2.05) is 56.3 Å². The number of nitrogens with zero attached hydrogens (tertiary/aromatic N) is 5. The van der Waals surface area contributed by atoms with E-state index >= 15 is 0 Å². The van der Waals surface area contributed by atoms with Crippen LogP contribution in [0.15, 0.2) is 41.7 Å². The summed E-state index contributed by atoms with van der Waals surface area (Å²) in [5, 5.41) is 7.42. The molecule has 0 saturated carbocycles. The normalized spacial score (nSPS) is 14.6. The summed E-state index contributed by atoms with van der Waals surface area (Å²) >= 11 is 0. The van der Waals surface area contributed by atoms with Crippen molar-refractivity contribution in [3.63, 3.8) is 0 Å². The maximum absolute atomic E-state index is 12.6. The summed E-state index contributed by atoms with van der Waals surface area (Å²) in [5.41, 5.74) is 2.04. The Labute approximate surface area is 188 Å². The minimum absolute atomic E-state index is 0. The monoisotopic (exact) mass is 512 g/mol. The smallest absolute Gasteiger partial charge is 0.246 e. The number of hydrogen-bond acceptors (Lipinski definition) is 4. The summed E-state index contributed by atoms with van der Waals surface area (Å²) in [4.78, 5) is 21.0. The van der Waals surface area contributed by atoms with Gasteiger partial charge < -0.3 is 19.9 Å². The number of ether oxygens (including phenoxy) is 1. The number of aryl methyl sites for hydroxylation is 2. The number of amides is 1. The van der Waals surface area contributed by atoms with Gasteiger partial charge in [-0.05, 0) is 26.0 Å². The number of piperazine rings is 1. The zero-order valence-electron chi connectivity index (χ0n) is 17.2. The van der Waals surface area contributed by atoms with Crippen LogP contribution in [-0.2, 0) is 11.8 Å². The summed E-state index contributed by atoms with van der Waals surface area (Å²) in [6, 6.07) is 7.97. The average Bonchev–Trinajstić information content (AvgIpc) is 3.11. The molecule has 1 aliphatic heterocycles. The van der Waals surface area contributed by atoms with Crippen molar-refractivity contribution >= 4 is 41.5 Å². The van der Waals surface area contributed by atoms with Crippen LogP contribution >= 0.6 is 24.0 Å². The first-order valence-corrected chi connectivity index (χ1v) is 9.58. The van der Waals surface area contributed by atoms with Crippen LogP contribution in [0.25, 0.3) is 0 Å². The Balaban J connectivity index is 0.00000300. The van der Waals surface area contributed by atoms with Gasteiger partial charge in [-0.1, -0.05) is 17.7 Å². The van der Waals surface area contributed by atoms with Gasteiger partial charge in [0.05, 0.1) is 18.4 Å². The second-order valence-electron chi connectivity index (χ2n) is 6.74. The molecule has 2 aromatic rings. The molecule has 1 amide bonds. The zero-order chi connectivity index (χ0) is 19.9. The number of carbonyl (C=O) groups is 1. The molecule has 2 heterocycles. The number of aliphatic imine (C=N–C) groups is 1. The SMILES string of the molecule is CCNC(=NCCOc1ccc(C)cc1)N1CCN(c2cnn(C)c2)C(=O)C1.I. The molecule has 0 unspecified atom stereocenters. The van der Waals surface area contributed by atoms with Crippen LogP contribution in [0.2, 0.25) is 0 Å². The highest BCUT2D eigenvalue weighted by molar-refractivity contribution is 14.0. The number of aromatic nitrogens is 2. The maximum atomic E-state index is 12.6. The fraction of sp³-hybridized carbons (Fsp3) is 0.450. The summed E-state index contributed by atoms with van der Waals surface area (Å²) < 4.78 is 7.44. The highest BCUT2D eigenvalue weighted by atomic mass is 127. The summed E-state index contributed by atoms with van der Waals surface area (Å²) in [5.74, 6) is 1.63. The van der Waals surface area contributed by atoms with Gasteiger partial charge in [0.2, 0.25) is 5.91 Å². The van der Waals surface area contributed by atoms with E-state index < -0.39 is 0 Å². The lowest BCUT2D eigenvalue weighted by atomic mass is 10.2. The van der Waals surface area contributed by atoms with E-state index in [2.05, 4.69) is 15.4 Å². The molecule has 1 N–H and O–H groups in total. The second-order valence-corrected chi connectivity index (χ2v) is 6.74. The Kier molecular flexibility index (Phi) is 8.74. The molecule has 0 bridgehead atoms. The summed E-state index contributed by atoms with van der Waals surface area (Å²) in [6.07, 6.45) is 3.57. The van der Waals surface area contributed by atoms with Crippen LogP contribution in [0, 0.1) is 6.92 Å². The number of anilines is 1. The molecule has 0 radical (unpaired) electrons. The van der Waals surface area contributed by atoms with Crippen LogP contribution in [0.1, 0.15) is 12.5 Å². The van der Waals surface area contributed by atoms with Gasteiger partial charge in [-0.3, -0.25) is 9.48 Å². The van der Waals surface area contributed by atoms with Gasteiger partial charge in [0.25, 0.3) is 0 Å². The number of benzene rings is 1. The third-order valence-electron chi connectivity index (χ3n) is 4.50. The largest absolute Gasteiger partial charge is 0.492 e. The first kappa shape index (κ1) is 23.0. The molecule has 0 spiro atoms. The van der Waals surface area contributed by atoms with Crippen LogP contribution in [0.3, 0.4) is 0 Å². The minimum Gasteiger partial charge on any atom is -0.492 e. The van der Waals surface area contributed by atoms with Crippen molar-refractivity contribution in [1.82, 2.24) is 20.0 Å². The molecular weight excluding hydrogens is 483 g/mol. The van der Waals surface area contributed by atoms with E-state index in [4.69, 9.17) is 4.74 Å². The molecule has 3 rings (SSSR count). The average molecular weight is 512 g/mol. The van der Waals surface area contributed by atoms with E-state index in [9.17, 15) is 4.79 Å². The number of hydrogen-bond donors (Lipinski definition) is 1. The fourth-order valence-corrected chi connectivity index (χ4v) is 3.05. The van der Waals surface area contributed by atoms with Gasteiger partial charge in [-0.15, -0.1) is 24.0 Å². The van der Waals surface area contributed by atoms with Crippen molar-refractivity contribution in [2.24, 2.45) is 12.0 Å². The standard InChI is InChI=1S/C20H28N6O2.HI/c1-4-21-20(22-9-12-28-18-7-5-16(2)6-8-18)25-10-11-26(19(27)15-25)17-13-23-24(3)14-17;/h5-8,13-14H,4,9-12,15H2,1-3H3,(H,21,22);1H. The summed E-state index contributed by atoms with van der Waals surface area (Å²) in [7, 11) is 1.85. The highest BCUT2D eigenvalue weighted by Gasteiger charge is 2.27. The maximum Gasteiger partial charge on any atom is 0.246 e. The van der Waals surface area contributed by atoms with Crippen LogP contribution < -0.4 is 15.0 Å². The van der Waals surface area contributed by atoms with Crippen molar-refractivity contribution in [2.45, 2.75) is 13.8 Å². The van der Waals surface area contributed by atoms with Crippen molar-refractivity contribution < 1.29 is 9.53 Å². The lowest BCUT2D eigenvalue weighted by Gasteiger charge is -2.35. The molecule has 0 aliphatic carbocycles. The lowest BCUT2D eigenvalue weighted by Crippen LogP contribution is -2.55. The Bertz CT molecular complexity index is 821. The van der Waals surface area contributed by atoms with Gasteiger partial charge in [-0.2, -0.15) is 5.10 Å². The topological polar surface area (TPSA) is 75.0 Å². The molecule has 1 aliphatic rings. The quantitative estimate of drug-likeness (QED) is 0.278. The molecule has 8 nitrogen and oxygen atoms in total. The number of halogens is 1. The predicted octanol–water partition coefficient (Wildman–Crippen LogP) is 2.04. The Morgan fingerprint density at radius 3 is 2.66 bits per heavy atom. The van der Waals surface area contributed by atoms with Gasteiger partial charge in [-0.25, -0.2) is 4.99 Å². The van der Waals surface area contributed by atoms with Crippen LogP contribution in [0.5, 0.6) is 5.75 Å². The molecule has 1 fully saturated rings. The molecular formula is C20H29IN6O2. The minimum atomic E-state index is 0.